The van der Waals surface area contributed by atoms with E-state index in [-0.39, 0.29) is 22.4 Å². The second kappa shape index (κ2) is 5.94. The van der Waals surface area contributed by atoms with Gasteiger partial charge in [0.25, 0.3) is 0 Å². The number of aliphatic hydroxyl groups is 2. The lowest BCUT2D eigenvalue weighted by atomic mass is 10.00. The van der Waals surface area contributed by atoms with E-state index in [4.69, 9.17) is 20.4 Å². The van der Waals surface area contributed by atoms with Gasteiger partial charge in [-0.3, -0.25) is 4.79 Å². The quantitative estimate of drug-likeness (QED) is 0.489. The molecule has 94 valence electrons. The maximum absolute atomic E-state index is 11.5. The monoisotopic (exact) mass is 244 g/mol. The average Bonchev–Trinajstić information content (AvgIpc) is 2.26. The molecule has 7 nitrogen and oxygen atoms in total. The van der Waals surface area contributed by atoms with Crippen molar-refractivity contribution in [3.05, 3.63) is 29.3 Å². The lowest BCUT2D eigenvalue weighted by Crippen LogP contribution is -2.26. The number of hydrogen-bond donors (Lipinski definition) is 4. The number of rotatable bonds is 4. The third-order valence-corrected chi connectivity index (χ3v) is 1.97. The van der Waals surface area contributed by atoms with Gasteiger partial charge in [-0.05, 0) is 18.2 Å². The van der Waals surface area contributed by atoms with Gasteiger partial charge in [0.05, 0.1) is 12.2 Å². The highest BCUT2D eigenvalue weighted by atomic mass is 16.4. The Balaban J connectivity index is 0.00000256. The molecule has 0 spiro atoms. The molecule has 7 heteroatoms. The van der Waals surface area contributed by atoms with Crippen molar-refractivity contribution in [2.45, 2.75) is 6.10 Å². The molecule has 6 N–H and O–H groups in total. The van der Waals surface area contributed by atoms with Crippen molar-refractivity contribution in [3.63, 3.8) is 0 Å². The number of aliphatic hydroxyl groups excluding tert-OH is 2. The molecule has 0 amide bonds. The van der Waals surface area contributed by atoms with E-state index in [0.29, 0.717) is 0 Å². The number of carboxylic acids is 1. The summed E-state index contributed by atoms with van der Waals surface area (Å²) in [6.07, 6.45) is -1.69. The SMILES string of the molecule is O.O=C(O)c1ccc(O)cc1C(=O)C(O)CO. The summed E-state index contributed by atoms with van der Waals surface area (Å²) >= 11 is 0. The third kappa shape index (κ3) is 3.25. The molecule has 0 saturated carbocycles. The van der Waals surface area contributed by atoms with E-state index in [9.17, 15) is 9.59 Å². The third-order valence-electron chi connectivity index (χ3n) is 1.97. The molecule has 0 saturated heterocycles. The van der Waals surface area contributed by atoms with Gasteiger partial charge in [0.2, 0.25) is 0 Å². The van der Waals surface area contributed by atoms with Gasteiger partial charge in [0.15, 0.2) is 5.78 Å². The van der Waals surface area contributed by atoms with Crippen molar-refractivity contribution in [2.75, 3.05) is 6.61 Å². The second-order valence-electron chi connectivity index (χ2n) is 3.10. The van der Waals surface area contributed by atoms with Crippen LogP contribution in [0, 0.1) is 0 Å². The number of phenolic OH excluding ortho intramolecular Hbond substituents is 1. The van der Waals surface area contributed by atoms with E-state index in [0.717, 1.165) is 18.2 Å². The zero-order valence-corrected chi connectivity index (χ0v) is 8.62. The number of Topliss-reactive ketones (excluding diaryl/α,β-unsaturated/α-hetero) is 1. The Hall–Kier alpha value is -1.96. The van der Waals surface area contributed by atoms with E-state index in [1.165, 1.54) is 0 Å². The highest BCUT2D eigenvalue weighted by molar-refractivity contribution is 6.08. The fourth-order valence-corrected chi connectivity index (χ4v) is 1.19. The topological polar surface area (TPSA) is 147 Å². The van der Waals surface area contributed by atoms with Crippen LogP contribution >= 0.6 is 0 Å². The number of aromatic hydroxyl groups is 1. The number of aromatic carboxylic acids is 1. The highest BCUT2D eigenvalue weighted by Crippen LogP contribution is 2.18. The lowest BCUT2D eigenvalue weighted by Gasteiger charge is -2.09. The van der Waals surface area contributed by atoms with Crippen molar-refractivity contribution in [3.8, 4) is 5.75 Å². The van der Waals surface area contributed by atoms with Crippen LogP contribution in [-0.4, -0.2) is 50.4 Å². The average molecular weight is 244 g/mol. The molecule has 0 heterocycles. The second-order valence-corrected chi connectivity index (χ2v) is 3.10. The molecule has 0 fully saturated rings. The molecule has 0 aliphatic heterocycles. The standard InChI is InChI=1S/C10H10O6.H2O/c11-4-8(13)9(14)7-3-5(12)1-2-6(7)10(15)16;/h1-3,8,11-13H,4H2,(H,15,16);1H2. The van der Waals surface area contributed by atoms with Gasteiger partial charge in [-0.15, -0.1) is 0 Å². The van der Waals surface area contributed by atoms with E-state index in [1.54, 1.807) is 0 Å². The molecule has 1 unspecified atom stereocenters. The van der Waals surface area contributed by atoms with E-state index in [1.807, 2.05) is 0 Å². The fourth-order valence-electron chi connectivity index (χ4n) is 1.19. The highest BCUT2D eigenvalue weighted by Gasteiger charge is 2.22. The predicted octanol–water partition coefficient (Wildman–Crippen LogP) is -1.20. The summed E-state index contributed by atoms with van der Waals surface area (Å²) in [5.41, 5.74) is -0.677. The normalized spacial score (nSPS) is 11.4. The molecule has 1 rings (SSSR count). The molecule has 0 bridgehead atoms. The van der Waals surface area contributed by atoms with Crippen LogP contribution in [0.3, 0.4) is 0 Å². The van der Waals surface area contributed by atoms with Crippen LogP contribution in [0.4, 0.5) is 0 Å². The molecule has 0 aliphatic carbocycles. The minimum absolute atomic E-state index is 0. The van der Waals surface area contributed by atoms with E-state index < -0.39 is 24.5 Å². The Morgan fingerprint density at radius 2 is 1.82 bits per heavy atom. The number of phenols is 1. The van der Waals surface area contributed by atoms with Gasteiger partial charge in [-0.2, -0.15) is 0 Å². The summed E-state index contributed by atoms with van der Waals surface area (Å²) in [4.78, 5) is 22.2. The maximum Gasteiger partial charge on any atom is 0.336 e. The Bertz CT molecular complexity index is 427. The predicted molar refractivity (Wildman–Crippen MR) is 56.1 cm³/mol. The number of carboxylic acid groups (broad SMARTS) is 1. The number of carbonyl (C=O) groups is 2. The van der Waals surface area contributed by atoms with Crippen molar-refractivity contribution in [1.82, 2.24) is 0 Å². The first kappa shape index (κ1) is 15.0. The minimum Gasteiger partial charge on any atom is -0.508 e. The van der Waals surface area contributed by atoms with Crippen molar-refractivity contribution >= 4 is 11.8 Å². The molecule has 1 atom stereocenters. The molecule has 0 radical (unpaired) electrons. The van der Waals surface area contributed by atoms with Crippen LogP contribution in [0.25, 0.3) is 0 Å². The number of carbonyl (C=O) groups excluding carboxylic acids is 1. The zero-order chi connectivity index (χ0) is 12.3. The van der Waals surface area contributed by atoms with Crippen LogP contribution < -0.4 is 0 Å². The molecule has 0 aliphatic rings. The Kier molecular flexibility index (Phi) is 5.26. The Morgan fingerprint density at radius 3 is 2.29 bits per heavy atom. The lowest BCUT2D eigenvalue weighted by molar-refractivity contribution is 0.0575. The first-order chi connectivity index (χ1) is 7.47. The van der Waals surface area contributed by atoms with Crippen LogP contribution in [0.1, 0.15) is 20.7 Å². The Labute approximate surface area is 95.9 Å². The van der Waals surface area contributed by atoms with Crippen LogP contribution in [0.15, 0.2) is 18.2 Å². The van der Waals surface area contributed by atoms with Crippen molar-refractivity contribution in [1.29, 1.82) is 0 Å². The molecular weight excluding hydrogens is 232 g/mol. The summed E-state index contributed by atoms with van der Waals surface area (Å²) in [5, 5.41) is 35.6. The van der Waals surface area contributed by atoms with Crippen LogP contribution in [0.2, 0.25) is 0 Å². The molecule has 1 aromatic rings. The van der Waals surface area contributed by atoms with Gasteiger partial charge in [0, 0.05) is 5.56 Å². The van der Waals surface area contributed by atoms with Crippen LogP contribution in [0.5, 0.6) is 5.75 Å². The van der Waals surface area contributed by atoms with Crippen LogP contribution in [-0.2, 0) is 0 Å². The number of ketones is 1. The minimum atomic E-state index is -1.69. The van der Waals surface area contributed by atoms with Crippen molar-refractivity contribution in [2.24, 2.45) is 0 Å². The largest absolute Gasteiger partial charge is 0.508 e. The molecular formula is C10H12O7. The number of hydrogen-bond acceptors (Lipinski definition) is 5. The van der Waals surface area contributed by atoms with Gasteiger partial charge >= 0.3 is 5.97 Å². The summed E-state index contributed by atoms with van der Waals surface area (Å²) in [7, 11) is 0. The van der Waals surface area contributed by atoms with E-state index in [2.05, 4.69) is 0 Å². The van der Waals surface area contributed by atoms with Crippen molar-refractivity contribution < 1.29 is 35.5 Å². The summed E-state index contributed by atoms with van der Waals surface area (Å²) in [5.74, 6) is -2.59. The molecule has 0 aromatic heterocycles. The first-order valence-electron chi connectivity index (χ1n) is 4.36. The van der Waals surface area contributed by atoms with Gasteiger partial charge in [-0.25, -0.2) is 4.79 Å². The summed E-state index contributed by atoms with van der Waals surface area (Å²) in [6.45, 7) is -0.812. The van der Waals surface area contributed by atoms with Gasteiger partial charge < -0.3 is 25.9 Å². The van der Waals surface area contributed by atoms with Gasteiger partial charge in [-0.1, -0.05) is 0 Å². The number of benzene rings is 1. The Morgan fingerprint density at radius 1 is 1.24 bits per heavy atom. The first-order valence-corrected chi connectivity index (χ1v) is 4.36. The molecule has 17 heavy (non-hydrogen) atoms. The smallest absolute Gasteiger partial charge is 0.336 e. The summed E-state index contributed by atoms with van der Waals surface area (Å²) in [6, 6.07) is 3.10. The maximum atomic E-state index is 11.5. The van der Waals surface area contributed by atoms with E-state index >= 15 is 0 Å². The van der Waals surface area contributed by atoms with Gasteiger partial charge in [0.1, 0.15) is 11.9 Å². The fraction of sp³-hybridized carbons (Fsp3) is 0.200. The summed E-state index contributed by atoms with van der Waals surface area (Å²) < 4.78 is 0. The molecule has 1 aromatic carbocycles. The zero-order valence-electron chi connectivity index (χ0n) is 8.62.